The molecular weight excluding hydrogens is 220 g/mol. The van der Waals surface area contributed by atoms with Crippen LogP contribution in [0.3, 0.4) is 0 Å². The van der Waals surface area contributed by atoms with Crippen LogP contribution in [0.5, 0.6) is 0 Å². The van der Waals surface area contributed by atoms with Gasteiger partial charge in [0.25, 0.3) is 0 Å². The van der Waals surface area contributed by atoms with Crippen LogP contribution < -0.4 is 10.6 Å². The number of methoxy groups -OCH3 is 1. The van der Waals surface area contributed by atoms with Crippen molar-refractivity contribution in [3.05, 3.63) is 0 Å². The van der Waals surface area contributed by atoms with Gasteiger partial charge >= 0.3 is 6.03 Å². The molecule has 2 amide bonds. The molecule has 1 fully saturated rings. The van der Waals surface area contributed by atoms with Crippen LogP contribution in [0.15, 0.2) is 0 Å². The van der Waals surface area contributed by atoms with Gasteiger partial charge in [0.2, 0.25) is 0 Å². The van der Waals surface area contributed by atoms with Crippen molar-refractivity contribution in [1.29, 1.82) is 0 Å². The molecule has 3 N–H and O–H groups in total. The first-order valence-corrected chi connectivity index (χ1v) is 6.38. The van der Waals surface area contributed by atoms with Crippen LogP contribution >= 0.6 is 0 Å². The molecule has 17 heavy (non-hydrogen) atoms. The smallest absolute Gasteiger partial charge is 0.315 e. The number of aliphatic hydroxyl groups excluding tert-OH is 1. The number of nitrogens with one attached hydrogen (secondary N) is 2. The average Bonchev–Trinajstić information content (AvgIpc) is 2.29. The van der Waals surface area contributed by atoms with E-state index in [2.05, 4.69) is 10.6 Å². The van der Waals surface area contributed by atoms with Gasteiger partial charge in [0.1, 0.15) is 0 Å². The molecule has 1 aliphatic rings. The molecule has 0 aromatic heterocycles. The normalized spacial score (nSPS) is 26.3. The van der Waals surface area contributed by atoms with Gasteiger partial charge in [0.05, 0.1) is 12.1 Å². The van der Waals surface area contributed by atoms with E-state index < -0.39 is 0 Å². The lowest BCUT2D eigenvalue weighted by Gasteiger charge is -2.31. The fraction of sp³-hybridized carbons (Fsp3) is 0.917. The second-order valence-electron chi connectivity index (χ2n) is 4.70. The zero-order valence-electron chi connectivity index (χ0n) is 10.7. The maximum atomic E-state index is 11.7. The van der Waals surface area contributed by atoms with Crippen molar-refractivity contribution in [2.24, 2.45) is 0 Å². The molecule has 1 saturated carbocycles. The van der Waals surface area contributed by atoms with Gasteiger partial charge in [-0.05, 0) is 26.2 Å². The van der Waals surface area contributed by atoms with Gasteiger partial charge in [0.15, 0.2) is 0 Å². The molecule has 1 aliphatic carbocycles. The minimum absolute atomic E-state index is 0.00964. The third-order valence-electron chi connectivity index (χ3n) is 3.26. The summed E-state index contributed by atoms with van der Waals surface area (Å²) in [6.07, 6.45) is 4.98. The standard InChI is InChI=1S/C12H24N2O3/c1-9(7-8-15)13-12(16)14-10-5-3-4-6-11(10)17-2/h9-11,15H,3-8H2,1-2H3,(H2,13,14,16)/t9-,10?,11?/m1/s1. The topological polar surface area (TPSA) is 70.6 Å². The van der Waals surface area contributed by atoms with Crippen molar-refractivity contribution >= 4 is 6.03 Å². The zero-order chi connectivity index (χ0) is 12.7. The van der Waals surface area contributed by atoms with E-state index >= 15 is 0 Å². The molecule has 3 atom stereocenters. The molecule has 5 heteroatoms. The average molecular weight is 244 g/mol. The van der Waals surface area contributed by atoms with E-state index in [0.717, 1.165) is 19.3 Å². The number of carbonyl (C=O) groups is 1. The number of carbonyl (C=O) groups excluding carboxylic acids is 1. The summed E-state index contributed by atoms with van der Waals surface area (Å²) in [5, 5.41) is 14.5. The van der Waals surface area contributed by atoms with Crippen LogP contribution in [-0.4, -0.2) is 43.0 Å². The molecule has 2 unspecified atom stereocenters. The third kappa shape index (κ3) is 4.91. The van der Waals surface area contributed by atoms with Gasteiger partial charge in [-0.15, -0.1) is 0 Å². The van der Waals surface area contributed by atoms with E-state index in [-0.39, 0.29) is 30.8 Å². The number of rotatable bonds is 5. The van der Waals surface area contributed by atoms with Crippen molar-refractivity contribution in [2.75, 3.05) is 13.7 Å². The Morgan fingerprint density at radius 2 is 2.18 bits per heavy atom. The summed E-state index contributed by atoms with van der Waals surface area (Å²) < 4.78 is 5.37. The summed E-state index contributed by atoms with van der Waals surface area (Å²) in [5.41, 5.74) is 0. The van der Waals surface area contributed by atoms with Crippen molar-refractivity contribution in [1.82, 2.24) is 10.6 Å². The molecule has 0 bridgehead atoms. The second-order valence-corrected chi connectivity index (χ2v) is 4.70. The Hall–Kier alpha value is -0.810. The summed E-state index contributed by atoms with van der Waals surface area (Å²) in [6.45, 7) is 1.97. The summed E-state index contributed by atoms with van der Waals surface area (Å²) >= 11 is 0. The number of aliphatic hydroxyl groups is 1. The first-order chi connectivity index (χ1) is 8.17. The Bertz CT molecular complexity index is 236. The molecule has 1 rings (SSSR count). The number of urea groups is 1. The molecule has 0 radical (unpaired) electrons. The first kappa shape index (κ1) is 14.3. The monoisotopic (exact) mass is 244 g/mol. The van der Waals surface area contributed by atoms with Gasteiger partial charge < -0.3 is 20.5 Å². The van der Waals surface area contributed by atoms with E-state index in [9.17, 15) is 4.79 Å². The molecule has 0 aromatic carbocycles. The lowest BCUT2D eigenvalue weighted by atomic mass is 9.92. The SMILES string of the molecule is COC1CCCCC1NC(=O)N[C@H](C)CCO. The number of hydrogen-bond acceptors (Lipinski definition) is 3. The van der Waals surface area contributed by atoms with Crippen LogP contribution in [0, 0.1) is 0 Å². The molecule has 0 spiro atoms. The predicted molar refractivity (Wildman–Crippen MR) is 65.9 cm³/mol. The molecule has 0 saturated heterocycles. The fourth-order valence-corrected chi connectivity index (χ4v) is 2.24. The van der Waals surface area contributed by atoms with Crippen LogP contribution in [0.4, 0.5) is 4.79 Å². The lowest BCUT2D eigenvalue weighted by molar-refractivity contribution is 0.0450. The highest BCUT2D eigenvalue weighted by molar-refractivity contribution is 5.74. The largest absolute Gasteiger partial charge is 0.396 e. The maximum Gasteiger partial charge on any atom is 0.315 e. The summed E-state index contributed by atoms with van der Waals surface area (Å²) in [4.78, 5) is 11.7. The highest BCUT2D eigenvalue weighted by Gasteiger charge is 2.26. The molecule has 5 nitrogen and oxygen atoms in total. The summed E-state index contributed by atoms with van der Waals surface area (Å²) in [6, 6.07) is -0.0699. The zero-order valence-corrected chi connectivity index (χ0v) is 10.7. The summed E-state index contributed by atoms with van der Waals surface area (Å²) in [7, 11) is 1.69. The molecular formula is C12H24N2O3. The van der Waals surface area contributed by atoms with Gasteiger partial charge in [-0.2, -0.15) is 0 Å². The first-order valence-electron chi connectivity index (χ1n) is 6.38. The van der Waals surface area contributed by atoms with Crippen molar-refractivity contribution in [2.45, 2.75) is 57.2 Å². The predicted octanol–water partition coefficient (Wildman–Crippen LogP) is 1.01. The minimum atomic E-state index is -0.167. The van der Waals surface area contributed by atoms with E-state index in [1.165, 1.54) is 6.42 Å². The molecule has 100 valence electrons. The third-order valence-corrected chi connectivity index (χ3v) is 3.26. The van der Waals surface area contributed by atoms with Crippen LogP contribution in [0.1, 0.15) is 39.0 Å². The second kappa shape index (κ2) is 7.50. The number of amides is 2. The molecule has 0 aromatic rings. The van der Waals surface area contributed by atoms with E-state index in [0.29, 0.717) is 6.42 Å². The van der Waals surface area contributed by atoms with Gasteiger partial charge in [-0.3, -0.25) is 0 Å². The van der Waals surface area contributed by atoms with Crippen molar-refractivity contribution in [3.63, 3.8) is 0 Å². The Morgan fingerprint density at radius 3 is 2.82 bits per heavy atom. The van der Waals surface area contributed by atoms with E-state index in [4.69, 9.17) is 9.84 Å². The molecule has 0 aliphatic heterocycles. The van der Waals surface area contributed by atoms with Crippen LogP contribution in [0.2, 0.25) is 0 Å². The number of hydrogen-bond donors (Lipinski definition) is 3. The van der Waals surface area contributed by atoms with Gasteiger partial charge in [-0.25, -0.2) is 4.79 Å². The van der Waals surface area contributed by atoms with Gasteiger partial charge in [-0.1, -0.05) is 12.8 Å². The quantitative estimate of drug-likeness (QED) is 0.676. The Balaban J connectivity index is 2.33. The highest BCUT2D eigenvalue weighted by Crippen LogP contribution is 2.20. The summed E-state index contributed by atoms with van der Waals surface area (Å²) in [5.74, 6) is 0. The fourth-order valence-electron chi connectivity index (χ4n) is 2.24. The van der Waals surface area contributed by atoms with Crippen LogP contribution in [-0.2, 0) is 4.74 Å². The number of ether oxygens (including phenoxy) is 1. The van der Waals surface area contributed by atoms with Crippen LogP contribution in [0.25, 0.3) is 0 Å². The Labute approximate surface area is 103 Å². The van der Waals surface area contributed by atoms with Crippen molar-refractivity contribution < 1.29 is 14.6 Å². The van der Waals surface area contributed by atoms with E-state index in [1.54, 1.807) is 7.11 Å². The Morgan fingerprint density at radius 1 is 1.47 bits per heavy atom. The van der Waals surface area contributed by atoms with Gasteiger partial charge in [0, 0.05) is 19.8 Å². The maximum absolute atomic E-state index is 11.7. The minimum Gasteiger partial charge on any atom is -0.396 e. The van der Waals surface area contributed by atoms with Crippen molar-refractivity contribution in [3.8, 4) is 0 Å². The lowest BCUT2D eigenvalue weighted by Crippen LogP contribution is -2.51. The Kier molecular flexibility index (Phi) is 6.29. The highest BCUT2D eigenvalue weighted by atomic mass is 16.5. The van der Waals surface area contributed by atoms with E-state index in [1.807, 2.05) is 6.92 Å². The molecule has 0 heterocycles.